The molecule has 0 aliphatic heterocycles. The van der Waals surface area contributed by atoms with Crippen LogP contribution in [0.3, 0.4) is 0 Å². The summed E-state index contributed by atoms with van der Waals surface area (Å²) < 4.78 is 0. The molecule has 0 aromatic rings. The molecule has 0 aliphatic rings. The molecule has 0 N–H and O–H groups in total. The third kappa shape index (κ3) is 8.31. The maximum Gasteiger partial charge on any atom is 0.235 e. The van der Waals surface area contributed by atoms with Gasteiger partial charge in [0.15, 0.2) is 0 Å². The smallest absolute Gasteiger partial charge is 0.235 e. The molecule has 0 atom stereocenters. The highest BCUT2D eigenvalue weighted by molar-refractivity contribution is 5.46. The highest BCUT2D eigenvalue weighted by Gasteiger charge is 1.68. The minimum Gasteiger partial charge on any atom is -0.240 e. The number of aliphatic imine (C=N–C) groups is 2. The molecule has 0 aliphatic carbocycles. The van der Waals surface area contributed by atoms with E-state index in [1.54, 1.807) is 12.2 Å². The summed E-state index contributed by atoms with van der Waals surface area (Å²) in [4.78, 5) is 16.7. The standard InChI is InChI=1S/C9H10N2O/c1-2-10-7-5-3-4-6-8-11-9-12/h3-6H,1,7-8H2/b5-3+,6-4+. The van der Waals surface area contributed by atoms with Crippen LogP contribution in [0.5, 0.6) is 0 Å². The summed E-state index contributed by atoms with van der Waals surface area (Å²) in [7, 11) is 0. The molecule has 12 heavy (non-hydrogen) atoms. The fraction of sp³-hybridized carbons (Fsp3) is 0.222. The van der Waals surface area contributed by atoms with Crippen LogP contribution >= 0.6 is 0 Å². The van der Waals surface area contributed by atoms with Crippen LogP contribution in [0, 0.1) is 0 Å². The Hall–Kier alpha value is -1.69. The van der Waals surface area contributed by atoms with Crippen LogP contribution in [0.4, 0.5) is 0 Å². The largest absolute Gasteiger partial charge is 0.240 e. The maximum atomic E-state index is 9.61. The van der Waals surface area contributed by atoms with Gasteiger partial charge in [0.2, 0.25) is 6.08 Å². The lowest BCUT2D eigenvalue weighted by atomic mass is 10.4. The van der Waals surface area contributed by atoms with E-state index in [9.17, 15) is 4.79 Å². The summed E-state index contributed by atoms with van der Waals surface area (Å²) >= 11 is 0. The molecular weight excluding hydrogens is 152 g/mol. The summed E-state index contributed by atoms with van der Waals surface area (Å²) in [5.74, 6) is 2.41. The number of carbonyl (C=O) groups excluding carboxylic acids is 1. The molecule has 0 spiro atoms. The first-order chi connectivity index (χ1) is 5.91. The number of allylic oxidation sites excluding steroid dienone is 2. The fourth-order valence-corrected chi connectivity index (χ4v) is 0.486. The van der Waals surface area contributed by atoms with Crippen LogP contribution in [0.1, 0.15) is 0 Å². The van der Waals surface area contributed by atoms with Crippen LogP contribution in [0.25, 0.3) is 0 Å². The van der Waals surface area contributed by atoms with Crippen molar-refractivity contribution in [1.82, 2.24) is 0 Å². The number of isocyanates is 1. The average Bonchev–Trinajstić information content (AvgIpc) is 2.10. The van der Waals surface area contributed by atoms with Crippen molar-refractivity contribution in [1.29, 1.82) is 0 Å². The van der Waals surface area contributed by atoms with E-state index < -0.39 is 0 Å². The van der Waals surface area contributed by atoms with Gasteiger partial charge in [-0.15, -0.1) is 0 Å². The zero-order valence-electron chi connectivity index (χ0n) is 6.73. The van der Waals surface area contributed by atoms with E-state index in [2.05, 4.69) is 22.4 Å². The van der Waals surface area contributed by atoms with Gasteiger partial charge in [-0.05, 0) is 12.4 Å². The lowest BCUT2D eigenvalue weighted by Crippen LogP contribution is -1.69. The van der Waals surface area contributed by atoms with E-state index in [-0.39, 0.29) is 0 Å². The summed E-state index contributed by atoms with van der Waals surface area (Å²) in [6, 6.07) is 0. The van der Waals surface area contributed by atoms with Gasteiger partial charge in [0.1, 0.15) is 0 Å². The molecule has 0 rings (SSSR count). The van der Waals surface area contributed by atoms with Crippen LogP contribution in [-0.2, 0) is 4.79 Å². The Labute approximate surface area is 71.5 Å². The second kappa shape index (κ2) is 9.31. The van der Waals surface area contributed by atoms with Crippen molar-refractivity contribution in [3.8, 4) is 0 Å². The second-order valence-electron chi connectivity index (χ2n) is 1.79. The van der Waals surface area contributed by atoms with Crippen molar-refractivity contribution in [3.63, 3.8) is 0 Å². The molecule has 0 aromatic carbocycles. The maximum absolute atomic E-state index is 9.61. The lowest BCUT2D eigenvalue weighted by Gasteiger charge is -1.76. The lowest BCUT2D eigenvalue weighted by molar-refractivity contribution is 0.564. The van der Waals surface area contributed by atoms with Crippen molar-refractivity contribution < 1.29 is 4.79 Å². The van der Waals surface area contributed by atoms with Crippen molar-refractivity contribution in [2.24, 2.45) is 9.98 Å². The van der Waals surface area contributed by atoms with Crippen LogP contribution in [-0.4, -0.2) is 25.0 Å². The summed E-state index contributed by atoms with van der Waals surface area (Å²) in [6.07, 6.45) is 8.65. The molecule has 0 saturated heterocycles. The van der Waals surface area contributed by atoms with Gasteiger partial charge in [0.05, 0.1) is 13.1 Å². The third-order valence-electron chi connectivity index (χ3n) is 0.953. The zero-order valence-corrected chi connectivity index (χ0v) is 6.73. The Morgan fingerprint density at radius 1 is 1.17 bits per heavy atom. The van der Waals surface area contributed by atoms with Crippen LogP contribution < -0.4 is 0 Å². The monoisotopic (exact) mass is 162 g/mol. The van der Waals surface area contributed by atoms with Crippen LogP contribution in [0.2, 0.25) is 0 Å². The summed E-state index contributed by atoms with van der Waals surface area (Å²) in [5, 5.41) is 0. The molecule has 0 fully saturated rings. The third-order valence-corrected chi connectivity index (χ3v) is 0.953. The number of hydrogen-bond donors (Lipinski definition) is 0. The molecule has 0 saturated carbocycles. The molecular formula is C9H10N2O. The SMILES string of the molecule is C=C=NC/C=C/C=C/CN=C=O. The van der Waals surface area contributed by atoms with Crippen LogP contribution in [0.15, 0.2) is 40.9 Å². The first-order valence-electron chi connectivity index (χ1n) is 3.45. The summed E-state index contributed by atoms with van der Waals surface area (Å²) in [6.45, 7) is 4.27. The molecule has 0 bridgehead atoms. The predicted octanol–water partition coefficient (Wildman–Crippen LogP) is 1.29. The topological polar surface area (TPSA) is 41.8 Å². The first kappa shape index (κ1) is 10.3. The Balaban J connectivity index is 3.51. The summed E-state index contributed by atoms with van der Waals surface area (Å²) in [5.41, 5.74) is 0. The van der Waals surface area contributed by atoms with E-state index >= 15 is 0 Å². The number of hydrogen-bond acceptors (Lipinski definition) is 3. The number of rotatable bonds is 5. The molecule has 0 amide bonds. The van der Waals surface area contributed by atoms with Gasteiger partial charge < -0.3 is 0 Å². The van der Waals surface area contributed by atoms with E-state index in [1.165, 1.54) is 6.08 Å². The molecule has 3 nitrogen and oxygen atoms in total. The molecule has 62 valence electrons. The fourth-order valence-electron chi connectivity index (χ4n) is 0.486. The minimum atomic E-state index is 0.374. The highest BCUT2D eigenvalue weighted by Crippen LogP contribution is 1.78. The van der Waals surface area contributed by atoms with E-state index in [4.69, 9.17) is 0 Å². The van der Waals surface area contributed by atoms with Gasteiger partial charge >= 0.3 is 0 Å². The van der Waals surface area contributed by atoms with Crippen molar-refractivity contribution in [2.45, 2.75) is 0 Å². The van der Waals surface area contributed by atoms with Gasteiger partial charge in [-0.1, -0.05) is 24.3 Å². The molecule has 0 heterocycles. The predicted molar refractivity (Wildman–Crippen MR) is 49.2 cm³/mol. The molecule has 3 heteroatoms. The molecule has 0 radical (unpaired) electrons. The van der Waals surface area contributed by atoms with Gasteiger partial charge in [0.25, 0.3) is 0 Å². The normalized spacial score (nSPS) is 9.67. The van der Waals surface area contributed by atoms with Crippen molar-refractivity contribution >= 4 is 11.9 Å². The van der Waals surface area contributed by atoms with Gasteiger partial charge in [-0.25, -0.2) is 14.8 Å². The molecule has 0 unspecified atom stereocenters. The van der Waals surface area contributed by atoms with Crippen molar-refractivity contribution in [3.05, 3.63) is 30.9 Å². The van der Waals surface area contributed by atoms with E-state index in [1.807, 2.05) is 12.2 Å². The zero-order chi connectivity index (χ0) is 9.07. The van der Waals surface area contributed by atoms with Crippen molar-refractivity contribution in [2.75, 3.05) is 13.1 Å². The Morgan fingerprint density at radius 2 is 1.75 bits per heavy atom. The average molecular weight is 162 g/mol. The van der Waals surface area contributed by atoms with E-state index in [0.717, 1.165) is 0 Å². The highest BCUT2D eigenvalue weighted by atomic mass is 16.1. The second-order valence-corrected chi connectivity index (χ2v) is 1.79. The minimum absolute atomic E-state index is 0.374. The quantitative estimate of drug-likeness (QED) is 0.341. The van der Waals surface area contributed by atoms with Gasteiger partial charge in [-0.3, -0.25) is 0 Å². The first-order valence-corrected chi connectivity index (χ1v) is 3.45. The number of nitrogens with zero attached hydrogens (tertiary/aromatic N) is 2. The Kier molecular flexibility index (Phi) is 8.00. The van der Waals surface area contributed by atoms with Gasteiger partial charge in [-0.2, -0.15) is 0 Å². The van der Waals surface area contributed by atoms with E-state index in [0.29, 0.717) is 13.1 Å². The Bertz CT molecular complexity index is 226. The van der Waals surface area contributed by atoms with Gasteiger partial charge in [0, 0.05) is 0 Å². The molecule has 0 aromatic heterocycles. The Morgan fingerprint density at radius 3 is 2.25 bits per heavy atom.